The molecule has 106 valence electrons. The van der Waals surface area contributed by atoms with E-state index in [1.807, 2.05) is 0 Å². The van der Waals surface area contributed by atoms with Crippen molar-refractivity contribution in [2.75, 3.05) is 13.2 Å². The second kappa shape index (κ2) is 8.88. The van der Waals surface area contributed by atoms with Crippen LogP contribution in [0.25, 0.3) is 0 Å². The number of aliphatic hydroxyl groups is 2. The Kier molecular flexibility index (Phi) is 8.32. The van der Waals surface area contributed by atoms with E-state index >= 15 is 0 Å². The summed E-state index contributed by atoms with van der Waals surface area (Å²) in [6.07, 6.45) is 4.40. The Morgan fingerprint density at radius 3 is 1.83 bits per heavy atom. The molecule has 1 aliphatic rings. The van der Waals surface area contributed by atoms with E-state index in [0.717, 1.165) is 12.8 Å². The molecule has 0 bridgehead atoms. The Labute approximate surface area is 106 Å². The van der Waals surface area contributed by atoms with E-state index in [4.69, 9.17) is 20.4 Å². The van der Waals surface area contributed by atoms with Gasteiger partial charge in [-0.05, 0) is 25.7 Å². The van der Waals surface area contributed by atoms with E-state index in [2.05, 4.69) is 0 Å². The van der Waals surface area contributed by atoms with Gasteiger partial charge < -0.3 is 20.4 Å². The highest BCUT2D eigenvalue weighted by molar-refractivity contribution is 5.75. The summed E-state index contributed by atoms with van der Waals surface area (Å²) in [5.41, 5.74) is -0.616. The van der Waals surface area contributed by atoms with Crippen LogP contribution in [0.3, 0.4) is 0 Å². The van der Waals surface area contributed by atoms with Gasteiger partial charge in [-0.1, -0.05) is 12.8 Å². The van der Waals surface area contributed by atoms with E-state index in [0.29, 0.717) is 25.7 Å². The lowest BCUT2D eigenvalue weighted by molar-refractivity contribution is -0.149. The molecule has 0 aromatic rings. The van der Waals surface area contributed by atoms with Crippen molar-refractivity contribution < 1.29 is 30.0 Å². The minimum Gasteiger partial charge on any atom is -0.481 e. The van der Waals surface area contributed by atoms with Crippen LogP contribution in [0.2, 0.25) is 0 Å². The highest BCUT2D eigenvalue weighted by Gasteiger charge is 2.40. The van der Waals surface area contributed by atoms with Gasteiger partial charge in [0.1, 0.15) is 0 Å². The van der Waals surface area contributed by atoms with Gasteiger partial charge in [-0.2, -0.15) is 0 Å². The lowest BCUT2D eigenvalue weighted by Gasteiger charge is -2.22. The topological polar surface area (TPSA) is 115 Å². The number of rotatable bonds is 6. The van der Waals surface area contributed by atoms with Crippen molar-refractivity contribution >= 4 is 11.9 Å². The van der Waals surface area contributed by atoms with Crippen molar-refractivity contribution in [2.24, 2.45) is 5.41 Å². The molecule has 0 aliphatic heterocycles. The normalized spacial score (nSPS) is 16.8. The highest BCUT2D eigenvalue weighted by Crippen LogP contribution is 2.42. The Bertz CT molecular complexity index is 255. The SMILES string of the molecule is O=C(O)CCCC1(C(=O)O)CCCC1.OCCO. The largest absolute Gasteiger partial charge is 0.481 e. The van der Waals surface area contributed by atoms with Crippen LogP contribution in [0, 0.1) is 5.41 Å². The number of aliphatic carboxylic acids is 2. The van der Waals surface area contributed by atoms with Crippen LogP contribution in [0.4, 0.5) is 0 Å². The summed E-state index contributed by atoms with van der Waals surface area (Å²) in [7, 11) is 0. The predicted molar refractivity (Wildman–Crippen MR) is 64.2 cm³/mol. The fourth-order valence-electron chi connectivity index (χ4n) is 2.20. The summed E-state index contributed by atoms with van der Waals surface area (Å²) in [4.78, 5) is 21.4. The average Bonchev–Trinajstić information content (AvgIpc) is 2.79. The van der Waals surface area contributed by atoms with Gasteiger partial charge in [0.05, 0.1) is 18.6 Å². The molecule has 0 aromatic carbocycles. The minimum atomic E-state index is -0.844. The molecular weight excluding hydrogens is 240 g/mol. The molecule has 18 heavy (non-hydrogen) atoms. The summed E-state index contributed by atoms with van der Waals surface area (Å²) >= 11 is 0. The standard InChI is InChI=1S/C10H16O4.C2H6O2/c11-8(12)4-3-7-10(9(13)14)5-1-2-6-10;3-1-2-4/h1-7H2,(H,11,12)(H,13,14);3-4H,1-2H2. The van der Waals surface area contributed by atoms with Crippen LogP contribution in [-0.4, -0.2) is 45.6 Å². The van der Waals surface area contributed by atoms with E-state index in [1.165, 1.54) is 0 Å². The first kappa shape index (κ1) is 16.9. The van der Waals surface area contributed by atoms with Crippen LogP contribution in [-0.2, 0) is 9.59 Å². The second-order valence-electron chi connectivity index (χ2n) is 4.49. The third-order valence-electron chi connectivity index (χ3n) is 3.16. The van der Waals surface area contributed by atoms with Crippen LogP contribution < -0.4 is 0 Å². The molecule has 1 aliphatic carbocycles. The molecule has 0 unspecified atom stereocenters. The molecular formula is C12H22O6. The molecule has 0 atom stereocenters. The first-order chi connectivity index (χ1) is 8.48. The lowest BCUT2D eigenvalue weighted by Crippen LogP contribution is -2.27. The third kappa shape index (κ3) is 5.97. The van der Waals surface area contributed by atoms with Crippen molar-refractivity contribution in [3.63, 3.8) is 0 Å². The smallest absolute Gasteiger partial charge is 0.309 e. The molecule has 1 fully saturated rings. The summed E-state index contributed by atoms with van der Waals surface area (Å²) in [6.45, 7) is -0.250. The van der Waals surface area contributed by atoms with E-state index in [1.54, 1.807) is 0 Å². The zero-order chi connectivity index (χ0) is 14.0. The van der Waals surface area contributed by atoms with E-state index in [-0.39, 0.29) is 19.6 Å². The number of hydrogen-bond acceptors (Lipinski definition) is 4. The van der Waals surface area contributed by atoms with Crippen molar-refractivity contribution in [3.8, 4) is 0 Å². The number of hydrogen-bond donors (Lipinski definition) is 4. The molecule has 4 N–H and O–H groups in total. The Morgan fingerprint density at radius 1 is 1.00 bits per heavy atom. The summed E-state index contributed by atoms with van der Waals surface area (Å²) < 4.78 is 0. The van der Waals surface area contributed by atoms with Gasteiger partial charge >= 0.3 is 11.9 Å². The van der Waals surface area contributed by atoms with Crippen molar-refractivity contribution in [1.82, 2.24) is 0 Å². The Balaban J connectivity index is 0.000000631. The molecule has 0 aromatic heterocycles. The maximum atomic E-state index is 11.1. The predicted octanol–water partition coefficient (Wildman–Crippen LogP) is 0.857. The van der Waals surface area contributed by atoms with Gasteiger partial charge in [0.2, 0.25) is 0 Å². The average molecular weight is 262 g/mol. The quantitative estimate of drug-likeness (QED) is 0.564. The van der Waals surface area contributed by atoms with Gasteiger partial charge in [0, 0.05) is 6.42 Å². The first-order valence-electron chi connectivity index (χ1n) is 6.15. The molecule has 6 nitrogen and oxygen atoms in total. The molecule has 0 saturated heterocycles. The van der Waals surface area contributed by atoms with E-state index in [9.17, 15) is 9.59 Å². The lowest BCUT2D eigenvalue weighted by atomic mass is 9.81. The molecule has 1 rings (SSSR count). The zero-order valence-corrected chi connectivity index (χ0v) is 10.5. The second-order valence-corrected chi connectivity index (χ2v) is 4.49. The van der Waals surface area contributed by atoms with Gasteiger partial charge in [-0.3, -0.25) is 9.59 Å². The Morgan fingerprint density at radius 2 is 1.50 bits per heavy atom. The maximum absolute atomic E-state index is 11.1. The van der Waals surface area contributed by atoms with Crippen molar-refractivity contribution in [2.45, 2.75) is 44.9 Å². The fraction of sp³-hybridized carbons (Fsp3) is 0.833. The molecule has 1 saturated carbocycles. The monoisotopic (exact) mass is 262 g/mol. The minimum absolute atomic E-state index is 0.0784. The summed E-state index contributed by atoms with van der Waals surface area (Å²) in [6, 6.07) is 0. The number of carboxylic acids is 2. The van der Waals surface area contributed by atoms with Gasteiger partial charge in [0.25, 0.3) is 0 Å². The van der Waals surface area contributed by atoms with Crippen LogP contribution in [0.5, 0.6) is 0 Å². The molecule has 0 heterocycles. The van der Waals surface area contributed by atoms with Gasteiger partial charge in [-0.15, -0.1) is 0 Å². The molecule has 0 radical (unpaired) electrons. The molecule has 0 amide bonds. The summed E-state index contributed by atoms with van der Waals surface area (Å²) in [5.74, 6) is -1.59. The zero-order valence-electron chi connectivity index (χ0n) is 10.5. The van der Waals surface area contributed by atoms with Gasteiger partial charge in [-0.25, -0.2) is 0 Å². The van der Waals surface area contributed by atoms with Crippen molar-refractivity contribution in [1.29, 1.82) is 0 Å². The molecule has 6 heteroatoms. The maximum Gasteiger partial charge on any atom is 0.309 e. The van der Waals surface area contributed by atoms with Crippen molar-refractivity contribution in [3.05, 3.63) is 0 Å². The Hall–Kier alpha value is -1.14. The van der Waals surface area contributed by atoms with E-state index < -0.39 is 17.4 Å². The number of carbonyl (C=O) groups is 2. The van der Waals surface area contributed by atoms with Crippen LogP contribution >= 0.6 is 0 Å². The fourth-order valence-corrected chi connectivity index (χ4v) is 2.20. The van der Waals surface area contributed by atoms with Gasteiger partial charge in [0.15, 0.2) is 0 Å². The highest BCUT2D eigenvalue weighted by atomic mass is 16.4. The summed E-state index contributed by atoms with van der Waals surface area (Å²) in [5, 5.41) is 32.8. The third-order valence-corrected chi connectivity index (χ3v) is 3.16. The van der Waals surface area contributed by atoms with Crippen LogP contribution in [0.15, 0.2) is 0 Å². The molecule has 0 spiro atoms. The van der Waals surface area contributed by atoms with Crippen LogP contribution in [0.1, 0.15) is 44.9 Å². The number of carboxylic acid groups (broad SMARTS) is 2. The number of aliphatic hydroxyl groups excluding tert-OH is 2. The first-order valence-corrected chi connectivity index (χ1v) is 6.15.